The van der Waals surface area contributed by atoms with E-state index in [0.717, 1.165) is 60.9 Å². The first-order valence-electron chi connectivity index (χ1n) is 14.0. The molecule has 0 atom stereocenters. The van der Waals surface area contributed by atoms with Gasteiger partial charge in [0.05, 0.1) is 40.5 Å². The van der Waals surface area contributed by atoms with E-state index >= 15 is 0 Å². The van der Waals surface area contributed by atoms with Gasteiger partial charge in [0, 0.05) is 13.1 Å². The van der Waals surface area contributed by atoms with Crippen LogP contribution in [0.2, 0.25) is 0 Å². The summed E-state index contributed by atoms with van der Waals surface area (Å²) < 4.78 is 44.9. The van der Waals surface area contributed by atoms with Gasteiger partial charge in [-0.3, -0.25) is 14.3 Å². The molecule has 1 aliphatic carbocycles. The van der Waals surface area contributed by atoms with Crippen molar-refractivity contribution in [3.05, 3.63) is 87.3 Å². The molecule has 11 heteroatoms. The maximum Gasteiger partial charge on any atom is 0.416 e. The predicted molar refractivity (Wildman–Crippen MR) is 152 cm³/mol. The molecule has 1 amide bonds. The van der Waals surface area contributed by atoms with Gasteiger partial charge >= 0.3 is 6.18 Å². The summed E-state index contributed by atoms with van der Waals surface area (Å²) in [6.45, 7) is 2.01. The molecule has 8 nitrogen and oxygen atoms in total. The lowest BCUT2D eigenvalue weighted by atomic mass is 9.95. The fraction of sp³-hybridized carbons (Fsp3) is 0.355. The Hall–Kier alpha value is -4.59. The monoisotopic (exact) mass is 576 g/mol. The molecule has 2 aromatic carbocycles. The van der Waals surface area contributed by atoms with Crippen molar-refractivity contribution in [3.8, 4) is 28.8 Å². The van der Waals surface area contributed by atoms with Crippen LogP contribution in [0.25, 0.3) is 22.8 Å². The molecular weight excluding hydrogens is 545 g/mol. The number of alkyl halides is 3. The van der Waals surface area contributed by atoms with Crippen LogP contribution in [0, 0.1) is 11.3 Å². The van der Waals surface area contributed by atoms with Crippen LogP contribution < -0.4 is 10.9 Å². The number of aryl methyl sites for hydroxylation is 1. The SMILES string of the molecule is CCCc1cc(C#N)ccc1-n1nccc1-c1c(C(=O)NC2CCCCC2)c(=O)n(-c2cccc(C(F)(F)F)c2)n1C. The molecule has 42 heavy (non-hydrogen) atoms. The highest BCUT2D eigenvalue weighted by Gasteiger charge is 2.33. The number of carbonyl (C=O) groups is 1. The number of nitriles is 1. The Kier molecular flexibility index (Phi) is 8.07. The van der Waals surface area contributed by atoms with Gasteiger partial charge in [-0.05, 0) is 67.3 Å². The number of nitrogens with one attached hydrogen (secondary N) is 1. The predicted octanol–water partition coefficient (Wildman–Crippen LogP) is 5.93. The quantitative estimate of drug-likeness (QED) is 0.295. The van der Waals surface area contributed by atoms with Crippen molar-refractivity contribution in [1.82, 2.24) is 24.5 Å². The lowest BCUT2D eigenvalue weighted by Gasteiger charge is -2.22. The van der Waals surface area contributed by atoms with Gasteiger partial charge in [0.15, 0.2) is 0 Å². The fourth-order valence-electron chi connectivity index (χ4n) is 5.72. The number of amides is 1. The second-order valence-corrected chi connectivity index (χ2v) is 10.6. The van der Waals surface area contributed by atoms with Gasteiger partial charge in [-0.15, -0.1) is 0 Å². The van der Waals surface area contributed by atoms with Crippen LogP contribution in [-0.2, 0) is 19.6 Å². The maximum atomic E-state index is 14.0. The summed E-state index contributed by atoms with van der Waals surface area (Å²) in [5, 5.41) is 16.9. The lowest BCUT2D eigenvalue weighted by molar-refractivity contribution is -0.137. The van der Waals surface area contributed by atoms with Gasteiger partial charge in [0.25, 0.3) is 11.5 Å². The fourth-order valence-corrected chi connectivity index (χ4v) is 5.72. The first-order valence-corrected chi connectivity index (χ1v) is 14.0. The normalized spacial score (nSPS) is 14.1. The van der Waals surface area contributed by atoms with E-state index in [9.17, 15) is 28.0 Å². The third kappa shape index (κ3) is 5.49. The van der Waals surface area contributed by atoms with Crippen LogP contribution in [0.1, 0.15) is 72.5 Å². The van der Waals surface area contributed by atoms with Crippen molar-refractivity contribution in [3.63, 3.8) is 0 Å². The zero-order valence-corrected chi connectivity index (χ0v) is 23.4. The van der Waals surface area contributed by atoms with Crippen molar-refractivity contribution in [2.45, 2.75) is 64.1 Å². The molecule has 5 rings (SSSR count). The Labute approximate surface area is 241 Å². The van der Waals surface area contributed by atoms with Gasteiger partial charge in [0.2, 0.25) is 0 Å². The highest BCUT2D eigenvalue weighted by molar-refractivity contribution is 6.00. The number of carbonyl (C=O) groups excluding carboxylic acids is 1. The molecular formula is C31H31F3N6O2. The summed E-state index contributed by atoms with van der Waals surface area (Å²) in [4.78, 5) is 27.8. The summed E-state index contributed by atoms with van der Waals surface area (Å²) in [5.41, 5.74) is 0.819. The largest absolute Gasteiger partial charge is 0.416 e. The molecule has 0 unspecified atom stereocenters. The van der Waals surface area contributed by atoms with Crippen LogP contribution in [0.15, 0.2) is 59.5 Å². The van der Waals surface area contributed by atoms with E-state index in [1.165, 1.54) is 30.1 Å². The van der Waals surface area contributed by atoms with Crippen LogP contribution in [0.5, 0.6) is 0 Å². The van der Waals surface area contributed by atoms with Gasteiger partial charge in [0.1, 0.15) is 11.3 Å². The molecule has 2 aromatic heterocycles. The Morgan fingerprint density at radius 1 is 1.12 bits per heavy atom. The lowest BCUT2D eigenvalue weighted by Crippen LogP contribution is -2.38. The molecule has 0 radical (unpaired) electrons. The Morgan fingerprint density at radius 3 is 2.57 bits per heavy atom. The third-order valence-corrected chi connectivity index (χ3v) is 7.69. The van der Waals surface area contributed by atoms with E-state index in [4.69, 9.17) is 0 Å². The van der Waals surface area contributed by atoms with Crippen molar-refractivity contribution in [2.75, 3.05) is 0 Å². The van der Waals surface area contributed by atoms with Gasteiger partial charge in [-0.2, -0.15) is 23.5 Å². The molecule has 0 aliphatic heterocycles. The summed E-state index contributed by atoms with van der Waals surface area (Å²) in [6, 6.07) is 13.4. The van der Waals surface area contributed by atoms with Crippen LogP contribution in [0.4, 0.5) is 13.2 Å². The number of hydrogen-bond donors (Lipinski definition) is 1. The summed E-state index contributed by atoms with van der Waals surface area (Å²) in [6.07, 6.45) is 2.98. The van der Waals surface area contributed by atoms with Gasteiger partial charge in [-0.25, -0.2) is 9.36 Å². The Morgan fingerprint density at radius 2 is 1.88 bits per heavy atom. The molecule has 1 aliphatic rings. The van der Waals surface area contributed by atoms with E-state index < -0.39 is 23.2 Å². The van der Waals surface area contributed by atoms with Crippen molar-refractivity contribution in [2.24, 2.45) is 7.05 Å². The molecule has 2 heterocycles. The average Bonchev–Trinajstić information content (AvgIpc) is 3.54. The van der Waals surface area contributed by atoms with E-state index in [0.29, 0.717) is 23.4 Å². The van der Waals surface area contributed by atoms with E-state index in [-0.39, 0.29) is 23.0 Å². The topological polar surface area (TPSA) is 97.6 Å². The molecule has 1 fully saturated rings. The molecule has 0 spiro atoms. The van der Waals surface area contributed by atoms with E-state index in [2.05, 4.69) is 16.5 Å². The van der Waals surface area contributed by atoms with E-state index in [1.54, 1.807) is 28.9 Å². The third-order valence-electron chi connectivity index (χ3n) is 7.69. The minimum absolute atomic E-state index is 0.0219. The van der Waals surface area contributed by atoms with Crippen LogP contribution >= 0.6 is 0 Å². The molecule has 0 bridgehead atoms. The standard InChI is InChI=1S/C31H31F3N6O2/c1-3-8-21-17-20(19-35)13-14-25(21)39-26(15-16-36-39)28-27(29(41)37-23-10-5-4-6-11-23)30(42)40(38(28)2)24-12-7-9-22(18-24)31(32,33)34/h7,9,12-18,23H,3-6,8,10-11H2,1-2H3,(H,37,41). The van der Waals surface area contributed by atoms with Crippen LogP contribution in [0.3, 0.4) is 0 Å². The number of halogens is 3. The highest BCUT2D eigenvalue weighted by atomic mass is 19.4. The first-order chi connectivity index (χ1) is 20.1. The van der Waals surface area contributed by atoms with Crippen molar-refractivity contribution < 1.29 is 18.0 Å². The van der Waals surface area contributed by atoms with Crippen LogP contribution in [-0.4, -0.2) is 31.1 Å². The van der Waals surface area contributed by atoms with Gasteiger partial charge in [-0.1, -0.05) is 38.7 Å². The zero-order valence-electron chi connectivity index (χ0n) is 23.4. The number of hydrogen-bond acceptors (Lipinski definition) is 4. The van der Waals surface area contributed by atoms with Gasteiger partial charge < -0.3 is 5.32 Å². The second-order valence-electron chi connectivity index (χ2n) is 10.6. The summed E-state index contributed by atoms with van der Waals surface area (Å²) >= 11 is 0. The minimum atomic E-state index is -4.61. The molecule has 1 saturated carbocycles. The average molecular weight is 577 g/mol. The first kappa shape index (κ1) is 28.9. The number of nitrogens with zero attached hydrogens (tertiary/aromatic N) is 5. The zero-order chi connectivity index (χ0) is 30.0. The second kappa shape index (κ2) is 11.7. The van der Waals surface area contributed by atoms with Crippen molar-refractivity contribution >= 4 is 5.91 Å². The molecule has 218 valence electrons. The summed E-state index contributed by atoms with van der Waals surface area (Å²) in [5.74, 6) is -0.579. The molecule has 0 saturated heterocycles. The smallest absolute Gasteiger partial charge is 0.349 e. The minimum Gasteiger partial charge on any atom is -0.349 e. The molecule has 1 N–H and O–H groups in total. The number of rotatable bonds is 7. The Bertz CT molecular complexity index is 1720. The van der Waals surface area contributed by atoms with Crippen molar-refractivity contribution in [1.29, 1.82) is 5.26 Å². The maximum absolute atomic E-state index is 14.0. The highest BCUT2D eigenvalue weighted by Crippen LogP contribution is 2.32. The number of aromatic nitrogens is 4. The molecule has 4 aromatic rings. The summed E-state index contributed by atoms with van der Waals surface area (Å²) in [7, 11) is 1.54. The Balaban J connectivity index is 1.72. The van der Waals surface area contributed by atoms with E-state index in [1.807, 2.05) is 6.92 Å². The number of benzene rings is 2.